The largest absolute Gasteiger partial charge is 0.385 e. The van der Waals surface area contributed by atoms with E-state index in [0.717, 1.165) is 35.8 Å². The summed E-state index contributed by atoms with van der Waals surface area (Å²) in [6, 6.07) is 9.17. The van der Waals surface area contributed by atoms with Crippen LogP contribution >= 0.6 is 0 Å². The molecule has 0 aromatic heterocycles. The second-order valence-corrected chi connectivity index (χ2v) is 4.30. The molecule has 0 atom stereocenters. The Hall–Kier alpha value is -2.10. The van der Waals surface area contributed by atoms with Gasteiger partial charge in [0.1, 0.15) is 0 Å². The van der Waals surface area contributed by atoms with E-state index in [-0.39, 0.29) is 10.6 Å². The molecule has 0 spiro atoms. The highest BCUT2D eigenvalue weighted by molar-refractivity contribution is 5.94. The second-order valence-electron chi connectivity index (χ2n) is 4.30. The lowest BCUT2D eigenvalue weighted by Crippen LogP contribution is -2.11. The van der Waals surface area contributed by atoms with Gasteiger partial charge in [0.05, 0.1) is 10.3 Å². The number of hydrogen-bond donors (Lipinski definition) is 1. The molecule has 2 aromatic rings. The summed E-state index contributed by atoms with van der Waals surface area (Å²) in [6.07, 6.45) is 2.07. The Balaban J connectivity index is 2.30. The molecule has 0 saturated carbocycles. The number of aryl methyl sites for hydroxylation is 1. The summed E-state index contributed by atoms with van der Waals surface area (Å²) in [5, 5.41) is 16.0. The number of rotatable bonds is 1. The molecule has 1 heterocycles. The molecular formula is C13H12N2O2. The minimum atomic E-state index is -0.315. The standard InChI is InChI=1S/C13H12N2O2/c16-15(17)13-5-1-3-9-8-12-10(7-11(9)13)4-2-6-14-12/h1,3,5,7-8,14H,2,4,6H2. The summed E-state index contributed by atoms with van der Waals surface area (Å²) in [5.74, 6) is 0. The fourth-order valence-corrected chi connectivity index (χ4v) is 2.39. The predicted octanol–water partition coefficient (Wildman–Crippen LogP) is 3.11. The number of hydrogen-bond acceptors (Lipinski definition) is 3. The molecule has 1 aliphatic heterocycles. The highest BCUT2D eigenvalue weighted by atomic mass is 16.6. The summed E-state index contributed by atoms with van der Waals surface area (Å²) in [6.45, 7) is 0.980. The predicted molar refractivity (Wildman–Crippen MR) is 67.4 cm³/mol. The number of non-ortho nitro benzene ring substituents is 1. The molecule has 0 saturated heterocycles. The van der Waals surface area contributed by atoms with E-state index in [1.807, 2.05) is 18.2 Å². The van der Waals surface area contributed by atoms with Gasteiger partial charge >= 0.3 is 0 Å². The Morgan fingerprint density at radius 2 is 2.18 bits per heavy atom. The number of nitro benzene ring substituents is 1. The number of nitro groups is 1. The molecule has 3 rings (SSSR count). The van der Waals surface area contributed by atoms with Crippen molar-refractivity contribution in [3.05, 3.63) is 46.0 Å². The van der Waals surface area contributed by atoms with Crippen molar-refractivity contribution in [1.82, 2.24) is 0 Å². The molecule has 0 bridgehead atoms. The van der Waals surface area contributed by atoms with Crippen molar-refractivity contribution in [2.45, 2.75) is 12.8 Å². The first kappa shape index (κ1) is 10.1. The minimum absolute atomic E-state index is 0.191. The molecule has 0 unspecified atom stereocenters. The lowest BCUT2D eigenvalue weighted by molar-refractivity contribution is -0.383. The fourth-order valence-electron chi connectivity index (χ4n) is 2.39. The number of benzene rings is 2. The second kappa shape index (κ2) is 3.73. The quantitative estimate of drug-likeness (QED) is 0.602. The monoisotopic (exact) mass is 228 g/mol. The Bertz CT molecular complexity index is 608. The van der Waals surface area contributed by atoms with Crippen molar-refractivity contribution in [3.63, 3.8) is 0 Å². The molecule has 0 radical (unpaired) electrons. The Labute approximate surface area is 98.4 Å². The highest BCUT2D eigenvalue weighted by Crippen LogP contribution is 2.32. The van der Waals surface area contributed by atoms with Crippen LogP contribution < -0.4 is 5.32 Å². The van der Waals surface area contributed by atoms with Gasteiger partial charge in [-0.05, 0) is 35.9 Å². The summed E-state index contributed by atoms with van der Waals surface area (Å²) in [4.78, 5) is 10.7. The minimum Gasteiger partial charge on any atom is -0.385 e. The first-order valence-corrected chi connectivity index (χ1v) is 5.69. The normalized spacial score (nSPS) is 14.1. The van der Waals surface area contributed by atoms with Crippen LogP contribution in [0, 0.1) is 10.1 Å². The van der Waals surface area contributed by atoms with Crippen LogP contribution in [0.2, 0.25) is 0 Å². The topological polar surface area (TPSA) is 55.2 Å². The van der Waals surface area contributed by atoms with E-state index in [9.17, 15) is 10.1 Å². The van der Waals surface area contributed by atoms with E-state index in [1.54, 1.807) is 12.1 Å². The zero-order chi connectivity index (χ0) is 11.8. The molecule has 86 valence electrons. The number of anilines is 1. The van der Waals surface area contributed by atoms with E-state index in [0.29, 0.717) is 0 Å². The van der Waals surface area contributed by atoms with Gasteiger partial charge in [0, 0.05) is 18.3 Å². The third-order valence-corrected chi connectivity index (χ3v) is 3.22. The van der Waals surface area contributed by atoms with E-state index in [4.69, 9.17) is 0 Å². The van der Waals surface area contributed by atoms with Crippen molar-refractivity contribution in [2.75, 3.05) is 11.9 Å². The summed E-state index contributed by atoms with van der Waals surface area (Å²) in [7, 11) is 0. The van der Waals surface area contributed by atoms with Gasteiger partial charge < -0.3 is 5.32 Å². The number of fused-ring (bicyclic) bond motifs is 2. The third kappa shape index (κ3) is 1.62. The van der Waals surface area contributed by atoms with Crippen molar-refractivity contribution >= 4 is 22.1 Å². The maximum absolute atomic E-state index is 11.0. The van der Waals surface area contributed by atoms with Gasteiger partial charge in [0.15, 0.2) is 0 Å². The molecule has 2 aromatic carbocycles. The number of nitrogens with zero attached hydrogens (tertiary/aromatic N) is 1. The molecule has 1 aliphatic rings. The van der Waals surface area contributed by atoms with Crippen molar-refractivity contribution < 1.29 is 4.92 Å². The van der Waals surface area contributed by atoms with Crippen LogP contribution in [-0.4, -0.2) is 11.5 Å². The smallest absolute Gasteiger partial charge is 0.277 e. The van der Waals surface area contributed by atoms with Crippen LogP contribution in [0.25, 0.3) is 10.8 Å². The molecular weight excluding hydrogens is 216 g/mol. The van der Waals surface area contributed by atoms with Crippen LogP contribution in [0.4, 0.5) is 11.4 Å². The summed E-state index contributed by atoms with van der Waals surface area (Å²) in [5.41, 5.74) is 2.48. The number of nitrogens with one attached hydrogen (secondary N) is 1. The lowest BCUT2D eigenvalue weighted by atomic mass is 9.98. The Morgan fingerprint density at radius 3 is 3.00 bits per heavy atom. The molecule has 17 heavy (non-hydrogen) atoms. The molecule has 0 aliphatic carbocycles. The van der Waals surface area contributed by atoms with Crippen LogP contribution in [-0.2, 0) is 6.42 Å². The van der Waals surface area contributed by atoms with E-state index >= 15 is 0 Å². The van der Waals surface area contributed by atoms with Gasteiger partial charge in [-0.1, -0.05) is 12.1 Å². The van der Waals surface area contributed by atoms with Crippen molar-refractivity contribution in [3.8, 4) is 0 Å². The van der Waals surface area contributed by atoms with E-state index in [2.05, 4.69) is 5.32 Å². The zero-order valence-electron chi connectivity index (χ0n) is 9.27. The SMILES string of the molecule is O=[N+]([O-])c1cccc2cc3c(cc12)CCCN3. The average molecular weight is 228 g/mol. The average Bonchev–Trinajstić information content (AvgIpc) is 2.35. The van der Waals surface area contributed by atoms with Crippen molar-refractivity contribution in [1.29, 1.82) is 0 Å². The van der Waals surface area contributed by atoms with Gasteiger partial charge in [-0.25, -0.2) is 0 Å². The molecule has 4 heteroatoms. The van der Waals surface area contributed by atoms with Gasteiger partial charge in [0.25, 0.3) is 5.69 Å². The van der Waals surface area contributed by atoms with E-state index in [1.165, 1.54) is 5.56 Å². The van der Waals surface area contributed by atoms with Gasteiger partial charge in [-0.2, -0.15) is 0 Å². The Kier molecular flexibility index (Phi) is 2.21. The highest BCUT2D eigenvalue weighted by Gasteiger charge is 2.15. The van der Waals surface area contributed by atoms with Crippen molar-refractivity contribution in [2.24, 2.45) is 0 Å². The molecule has 1 N–H and O–H groups in total. The maximum Gasteiger partial charge on any atom is 0.277 e. The third-order valence-electron chi connectivity index (χ3n) is 3.22. The first-order chi connectivity index (χ1) is 8.25. The fraction of sp³-hybridized carbons (Fsp3) is 0.231. The Morgan fingerprint density at radius 1 is 1.29 bits per heavy atom. The van der Waals surface area contributed by atoms with Crippen LogP contribution in [0.3, 0.4) is 0 Å². The summed E-state index contributed by atoms with van der Waals surface area (Å²) < 4.78 is 0. The van der Waals surface area contributed by atoms with Crippen LogP contribution in [0.5, 0.6) is 0 Å². The summed E-state index contributed by atoms with van der Waals surface area (Å²) >= 11 is 0. The van der Waals surface area contributed by atoms with Crippen LogP contribution in [0.1, 0.15) is 12.0 Å². The molecule has 0 amide bonds. The zero-order valence-corrected chi connectivity index (χ0v) is 9.27. The maximum atomic E-state index is 11.0. The molecule has 4 nitrogen and oxygen atoms in total. The van der Waals surface area contributed by atoms with Gasteiger partial charge in [-0.15, -0.1) is 0 Å². The molecule has 0 fully saturated rings. The first-order valence-electron chi connectivity index (χ1n) is 5.69. The van der Waals surface area contributed by atoms with E-state index < -0.39 is 0 Å². The lowest BCUT2D eigenvalue weighted by Gasteiger charge is -2.18. The van der Waals surface area contributed by atoms with Crippen LogP contribution in [0.15, 0.2) is 30.3 Å². The van der Waals surface area contributed by atoms with Gasteiger partial charge in [-0.3, -0.25) is 10.1 Å². The van der Waals surface area contributed by atoms with Gasteiger partial charge in [0.2, 0.25) is 0 Å².